The molecule has 0 amide bonds. The average molecular weight is 485 g/mol. The van der Waals surface area contributed by atoms with Gasteiger partial charge >= 0.3 is 0 Å². The topological polar surface area (TPSA) is 0 Å². The number of alkyl halides is 7. The normalized spacial score (nSPS) is 40.4. The van der Waals surface area contributed by atoms with Crippen molar-refractivity contribution in [3.8, 4) is 0 Å². The van der Waals surface area contributed by atoms with Crippen LogP contribution >= 0.6 is 11.3 Å². The largest absolute Gasteiger partial charge is 0.256 e. The van der Waals surface area contributed by atoms with Gasteiger partial charge in [-0.15, -0.1) is 11.3 Å². The molecule has 5 atom stereocenters. The van der Waals surface area contributed by atoms with E-state index in [1.165, 1.54) is 10.4 Å². The average Bonchev–Trinajstić information content (AvgIpc) is 3.24. The van der Waals surface area contributed by atoms with Crippen molar-refractivity contribution in [3.63, 3.8) is 0 Å². The lowest BCUT2D eigenvalue weighted by Crippen LogP contribution is -2.48. The number of fused-ring (bicyclic) bond motifs is 1. The third-order valence-corrected chi connectivity index (χ3v) is 9.02. The summed E-state index contributed by atoms with van der Waals surface area (Å²) in [5.41, 5.74) is 1.23. The summed E-state index contributed by atoms with van der Waals surface area (Å²) in [6.45, 7) is 2.15. The van der Waals surface area contributed by atoms with Crippen molar-refractivity contribution in [3.05, 3.63) is 21.4 Å². The van der Waals surface area contributed by atoms with Crippen LogP contribution in [0.3, 0.4) is 0 Å². The van der Waals surface area contributed by atoms with Gasteiger partial charge in [0, 0.05) is 16.2 Å². The fourth-order valence-corrected chi connectivity index (χ4v) is 7.56. The van der Waals surface area contributed by atoms with E-state index >= 15 is 0 Å². The number of hydrogen-bond acceptors (Lipinski definition) is 1. The second kappa shape index (κ2) is 9.46. The third-order valence-electron chi connectivity index (χ3n) is 7.65. The van der Waals surface area contributed by atoms with Gasteiger partial charge in [0.1, 0.15) is 24.7 Å². The molecular formula is C24H31F7S. The molecule has 0 radical (unpaired) electrons. The molecule has 1 aromatic heterocycles. The van der Waals surface area contributed by atoms with Crippen molar-refractivity contribution in [2.24, 2.45) is 17.8 Å². The van der Waals surface area contributed by atoms with E-state index in [0.717, 1.165) is 30.6 Å². The van der Waals surface area contributed by atoms with Gasteiger partial charge in [-0.05, 0) is 67.9 Å². The fourth-order valence-electron chi connectivity index (χ4n) is 6.12. The highest BCUT2D eigenvalue weighted by atomic mass is 32.1. The van der Waals surface area contributed by atoms with Gasteiger partial charge in [0.25, 0.3) is 5.92 Å². The fraction of sp³-hybridized carbons (Fsp3) is 0.833. The van der Waals surface area contributed by atoms with Crippen molar-refractivity contribution in [2.45, 2.75) is 107 Å². The van der Waals surface area contributed by atoms with Gasteiger partial charge < -0.3 is 0 Å². The van der Waals surface area contributed by atoms with Crippen molar-refractivity contribution >= 4 is 11.3 Å². The molecule has 2 fully saturated rings. The summed E-state index contributed by atoms with van der Waals surface area (Å²) in [7, 11) is 0. The quantitative estimate of drug-likeness (QED) is 0.360. The van der Waals surface area contributed by atoms with Crippen LogP contribution in [-0.4, -0.2) is 36.8 Å². The van der Waals surface area contributed by atoms with Gasteiger partial charge in [0.05, 0.1) is 5.92 Å². The second-order valence-corrected chi connectivity index (χ2v) is 11.3. The number of thiophene rings is 1. The lowest BCUT2D eigenvalue weighted by molar-refractivity contribution is -0.147. The molecule has 0 nitrogen and oxygen atoms in total. The summed E-state index contributed by atoms with van der Waals surface area (Å²) in [4.78, 5) is 2.13. The van der Waals surface area contributed by atoms with Crippen LogP contribution in [0.15, 0.2) is 6.07 Å². The molecular weight excluding hydrogens is 453 g/mol. The summed E-state index contributed by atoms with van der Waals surface area (Å²) in [5, 5.41) is 0. The van der Waals surface area contributed by atoms with Crippen molar-refractivity contribution in [1.29, 1.82) is 0 Å². The molecule has 3 aliphatic rings. The van der Waals surface area contributed by atoms with E-state index < -0.39 is 73.8 Å². The van der Waals surface area contributed by atoms with Crippen LogP contribution in [0.5, 0.6) is 0 Å². The first-order valence-electron chi connectivity index (χ1n) is 11.8. The molecule has 1 aromatic rings. The maximum atomic E-state index is 14.9. The Morgan fingerprint density at radius 3 is 2.06 bits per heavy atom. The molecule has 0 saturated heterocycles. The van der Waals surface area contributed by atoms with Crippen LogP contribution < -0.4 is 0 Å². The van der Waals surface area contributed by atoms with Crippen LogP contribution in [0.25, 0.3) is 0 Å². The maximum absolute atomic E-state index is 14.9. The Morgan fingerprint density at radius 1 is 0.875 bits per heavy atom. The van der Waals surface area contributed by atoms with Gasteiger partial charge in [0.2, 0.25) is 0 Å². The SMILES string of the molecule is CCCC1Cc2cc(C3CC(F)C(C(F)(F)CC4CC(F)C(F)C(F)C4)C(F)C3)sc2C1. The van der Waals surface area contributed by atoms with E-state index in [9.17, 15) is 30.7 Å². The summed E-state index contributed by atoms with van der Waals surface area (Å²) < 4.78 is 100. The van der Waals surface area contributed by atoms with Gasteiger partial charge in [-0.1, -0.05) is 19.8 Å². The monoisotopic (exact) mass is 484 g/mol. The maximum Gasteiger partial charge on any atom is 0.256 e. The van der Waals surface area contributed by atoms with Crippen molar-refractivity contribution in [2.75, 3.05) is 0 Å². The van der Waals surface area contributed by atoms with Gasteiger partial charge in [-0.25, -0.2) is 30.7 Å². The smallest absolute Gasteiger partial charge is 0.247 e. The van der Waals surface area contributed by atoms with E-state index in [-0.39, 0.29) is 12.8 Å². The van der Waals surface area contributed by atoms with Crippen LogP contribution in [0, 0.1) is 17.8 Å². The van der Waals surface area contributed by atoms with Gasteiger partial charge in [-0.2, -0.15) is 0 Å². The third kappa shape index (κ3) is 4.85. The van der Waals surface area contributed by atoms with Crippen molar-refractivity contribution < 1.29 is 30.7 Å². The highest BCUT2D eigenvalue weighted by molar-refractivity contribution is 7.12. The Morgan fingerprint density at radius 2 is 1.50 bits per heavy atom. The minimum absolute atomic E-state index is 0.173. The van der Waals surface area contributed by atoms with E-state index in [2.05, 4.69) is 6.92 Å². The van der Waals surface area contributed by atoms with E-state index in [1.807, 2.05) is 6.07 Å². The van der Waals surface area contributed by atoms with Crippen LogP contribution in [0.4, 0.5) is 30.7 Å². The van der Waals surface area contributed by atoms with Crippen LogP contribution in [-0.2, 0) is 12.8 Å². The van der Waals surface area contributed by atoms with Crippen LogP contribution in [0.2, 0.25) is 0 Å². The Kier molecular flexibility index (Phi) is 7.19. The Balaban J connectivity index is 1.39. The molecule has 3 aliphatic carbocycles. The standard InChI is InChI=1S/C24H31F7S/c1-2-3-12-4-14-10-21(32-20(14)7-12)15-8-16(25)22(17(26)9-15)24(30,31)11-13-5-18(27)23(29)19(28)6-13/h10,12-13,15-19,22-23H,2-9,11H2,1H3. The first-order valence-corrected chi connectivity index (χ1v) is 12.6. The summed E-state index contributed by atoms with van der Waals surface area (Å²) in [5.74, 6) is -6.80. The number of halogens is 7. The van der Waals surface area contributed by atoms with Crippen LogP contribution in [0.1, 0.15) is 73.1 Å². The van der Waals surface area contributed by atoms with Crippen molar-refractivity contribution in [1.82, 2.24) is 0 Å². The second-order valence-electron chi connectivity index (χ2n) is 10.2. The molecule has 1 heterocycles. The molecule has 8 heteroatoms. The van der Waals surface area contributed by atoms with E-state index in [1.54, 1.807) is 11.3 Å². The van der Waals surface area contributed by atoms with E-state index in [4.69, 9.17) is 0 Å². The van der Waals surface area contributed by atoms with Gasteiger partial charge in [-0.3, -0.25) is 0 Å². The van der Waals surface area contributed by atoms with Gasteiger partial charge in [0.15, 0.2) is 6.17 Å². The molecule has 32 heavy (non-hydrogen) atoms. The minimum Gasteiger partial charge on any atom is -0.247 e. The lowest BCUT2D eigenvalue weighted by Gasteiger charge is -2.40. The predicted octanol–water partition coefficient (Wildman–Crippen LogP) is 7.88. The molecule has 0 bridgehead atoms. The van der Waals surface area contributed by atoms with E-state index in [0.29, 0.717) is 5.92 Å². The molecule has 0 aromatic carbocycles. The zero-order valence-electron chi connectivity index (χ0n) is 18.2. The zero-order chi connectivity index (χ0) is 23.2. The first kappa shape index (κ1) is 24.3. The molecule has 4 rings (SSSR count). The molecule has 0 aliphatic heterocycles. The summed E-state index contributed by atoms with van der Waals surface area (Å²) in [6, 6.07) is 2.01. The highest BCUT2D eigenvalue weighted by Gasteiger charge is 2.55. The minimum atomic E-state index is -3.73. The predicted molar refractivity (Wildman–Crippen MR) is 112 cm³/mol. The molecule has 0 spiro atoms. The summed E-state index contributed by atoms with van der Waals surface area (Å²) >= 11 is 1.56. The lowest BCUT2D eigenvalue weighted by atomic mass is 9.72. The highest BCUT2D eigenvalue weighted by Crippen LogP contribution is 2.51. The molecule has 182 valence electrons. The number of rotatable bonds is 6. The Bertz CT molecular complexity index is 733. The Hall–Kier alpha value is -0.790. The molecule has 0 N–H and O–H groups in total. The zero-order valence-corrected chi connectivity index (χ0v) is 19.0. The number of hydrogen-bond donors (Lipinski definition) is 0. The molecule has 5 unspecified atom stereocenters. The summed E-state index contributed by atoms with van der Waals surface area (Å²) in [6.07, 6.45) is -8.94. The molecule has 2 saturated carbocycles. The first-order chi connectivity index (χ1) is 15.1. The Labute approximate surface area is 189 Å².